The zero-order chi connectivity index (χ0) is 24.9. The number of fused-ring (bicyclic) bond motifs is 1. The van der Waals surface area contributed by atoms with E-state index in [1.54, 1.807) is 10.9 Å². The van der Waals surface area contributed by atoms with Crippen molar-refractivity contribution < 1.29 is 19.1 Å². The molecule has 0 radical (unpaired) electrons. The fourth-order valence-electron chi connectivity index (χ4n) is 4.55. The van der Waals surface area contributed by atoms with Crippen LogP contribution in [0, 0.1) is 5.92 Å². The Morgan fingerprint density at radius 2 is 1.69 bits per heavy atom. The molecular formula is C27H27N5O4. The van der Waals surface area contributed by atoms with E-state index in [2.05, 4.69) is 20.3 Å². The highest BCUT2D eigenvalue weighted by molar-refractivity contribution is 5.96. The number of rotatable bonds is 9. The lowest BCUT2D eigenvalue weighted by Crippen LogP contribution is -2.28. The van der Waals surface area contributed by atoms with Gasteiger partial charge in [0.1, 0.15) is 6.33 Å². The predicted molar refractivity (Wildman–Crippen MR) is 133 cm³/mol. The summed E-state index contributed by atoms with van der Waals surface area (Å²) in [5.41, 5.74) is 3.01. The largest absolute Gasteiger partial charge is 0.376 e. The van der Waals surface area contributed by atoms with Crippen molar-refractivity contribution in [2.24, 2.45) is 5.92 Å². The quantitative estimate of drug-likeness (QED) is 0.385. The van der Waals surface area contributed by atoms with Gasteiger partial charge in [0, 0.05) is 13.3 Å². The molecule has 2 heterocycles. The second-order valence-electron chi connectivity index (χ2n) is 8.82. The first-order valence-corrected chi connectivity index (χ1v) is 11.9. The number of nitrogens with one attached hydrogen (secondary N) is 1. The van der Waals surface area contributed by atoms with Crippen LogP contribution in [0.15, 0.2) is 73.3 Å². The van der Waals surface area contributed by atoms with Crippen LogP contribution in [0.1, 0.15) is 30.5 Å². The second-order valence-corrected chi connectivity index (χ2v) is 8.82. The molecule has 0 saturated heterocycles. The summed E-state index contributed by atoms with van der Waals surface area (Å²) in [7, 11) is 0. The number of ketones is 1. The van der Waals surface area contributed by atoms with Gasteiger partial charge in [-0.3, -0.25) is 9.59 Å². The Morgan fingerprint density at radius 1 is 1.00 bits per heavy atom. The molecule has 36 heavy (non-hydrogen) atoms. The molecule has 3 unspecified atom stereocenters. The molecule has 5 rings (SSSR count). The van der Waals surface area contributed by atoms with Crippen molar-refractivity contribution in [3.63, 3.8) is 0 Å². The van der Waals surface area contributed by atoms with Crippen LogP contribution in [0.5, 0.6) is 0 Å². The first kappa shape index (κ1) is 23.8. The van der Waals surface area contributed by atoms with Crippen LogP contribution in [-0.2, 0) is 32.3 Å². The van der Waals surface area contributed by atoms with Gasteiger partial charge in [0.25, 0.3) is 0 Å². The van der Waals surface area contributed by atoms with Crippen LogP contribution in [0.2, 0.25) is 0 Å². The number of carbonyl (C=O) groups is 2. The van der Waals surface area contributed by atoms with Crippen molar-refractivity contribution in [2.45, 2.75) is 38.7 Å². The van der Waals surface area contributed by atoms with Gasteiger partial charge in [0.2, 0.25) is 5.91 Å². The number of anilines is 1. The summed E-state index contributed by atoms with van der Waals surface area (Å²) in [5.74, 6) is -0.362. The summed E-state index contributed by atoms with van der Waals surface area (Å²) in [6, 6.07) is 19.2. The zero-order valence-electron chi connectivity index (χ0n) is 19.9. The highest BCUT2D eigenvalue weighted by Gasteiger charge is 2.44. The Hall–Kier alpha value is -3.95. The molecule has 1 fully saturated rings. The van der Waals surface area contributed by atoms with Crippen molar-refractivity contribution in [1.29, 1.82) is 0 Å². The number of ether oxygens (including phenoxy) is 2. The van der Waals surface area contributed by atoms with Gasteiger partial charge in [-0.25, -0.2) is 15.0 Å². The van der Waals surface area contributed by atoms with Gasteiger partial charge in [-0.05, 0) is 11.1 Å². The maximum absolute atomic E-state index is 13.7. The second kappa shape index (κ2) is 10.8. The van der Waals surface area contributed by atoms with E-state index in [4.69, 9.17) is 9.47 Å². The molecule has 0 aliphatic heterocycles. The lowest BCUT2D eigenvalue weighted by Gasteiger charge is -2.19. The molecule has 1 saturated carbocycles. The summed E-state index contributed by atoms with van der Waals surface area (Å²) in [5, 5.41) is 2.67. The Balaban J connectivity index is 1.37. The maximum Gasteiger partial charge on any atom is 0.222 e. The summed E-state index contributed by atoms with van der Waals surface area (Å²) < 4.78 is 14.0. The number of carbonyl (C=O) groups excluding carboxylic acids is 2. The van der Waals surface area contributed by atoms with Crippen LogP contribution >= 0.6 is 0 Å². The van der Waals surface area contributed by atoms with Crippen LogP contribution in [0.3, 0.4) is 0 Å². The molecule has 9 nitrogen and oxygen atoms in total. The smallest absolute Gasteiger partial charge is 0.222 e. The van der Waals surface area contributed by atoms with Crippen molar-refractivity contribution in [3.8, 4) is 0 Å². The van der Waals surface area contributed by atoms with Crippen LogP contribution in [-0.4, -0.2) is 43.9 Å². The van der Waals surface area contributed by atoms with Gasteiger partial charge in [-0.1, -0.05) is 60.7 Å². The minimum absolute atomic E-state index is 0.0140. The number of hydrogen-bond donors (Lipinski definition) is 1. The fourth-order valence-corrected chi connectivity index (χ4v) is 4.55. The number of imidazole rings is 1. The molecule has 1 N–H and O–H groups in total. The lowest BCUT2D eigenvalue weighted by molar-refractivity contribution is -0.128. The van der Waals surface area contributed by atoms with E-state index in [1.165, 1.54) is 13.3 Å². The summed E-state index contributed by atoms with van der Waals surface area (Å²) in [6.45, 7) is 2.48. The third-order valence-corrected chi connectivity index (χ3v) is 6.30. The number of hydrogen-bond acceptors (Lipinski definition) is 7. The first-order valence-electron chi connectivity index (χ1n) is 11.9. The van der Waals surface area contributed by atoms with E-state index in [-0.39, 0.29) is 24.4 Å². The molecule has 4 aromatic rings. The first-order chi connectivity index (χ1) is 17.6. The fraction of sp³-hybridized carbons (Fsp3) is 0.296. The third kappa shape index (κ3) is 5.17. The molecule has 1 amide bonds. The molecule has 2 aromatic carbocycles. The molecule has 3 atom stereocenters. The Bertz CT molecular complexity index is 1340. The predicted octanol–water partition coefficient (Wildman–Crippen LogP) is 3.72. The van der Waals surface area contributed by atoms with Gasteiger partial charge in [0.05, 0.1) is 44.2 Å². The Kier molecular flexibility index (Phi) is 7.11. The Morgan fingerprint density at radius 3 is 2.39 bits per heavy atom. The van der Waals surface area contributed by atoms with E-state index in [9.17, 15) is 9.59 Å². The van der Waals surface area contributed by atoms with E-state index >= 15 is 0 Å². The topological polar surface area (TPSA) is 108 Å². The molecule has 0 bridgehead atoms. The van der Waals surface area contributed by atoms with Crippen LogP contribution < -0.4 is 5.32 Å². The van der Waals surface area contributed by atoms with Crippen LogP contribution in [0.4, 0.5) is 5.82 Å². The molecular weight excluding hydrogens is 458 g/mol. The summed E-state index contributed by atoms with van der Waals surface area (Å²) >= 11 is 0. The highest BCUT2D eigenvalue weighted by atomic mass is 16.5. The standard InChI is InChI=1S/C27H27N5O4/c1-18(33)31-26-24-27(29-16-28-26)32(17-30-24)22-12-23(36-14-20-10-6-3-7-11-20)21(25(22)34)15-35-13-19-8-4-2-5-9-19/h2-11,16-17,21-23H,12-15H2,1H3,(H,28,29,31,33). The molecule has 9 heteroatoms. The van der Waals surface area contributed by atoms with E-state index in [1.807, 2.05) is 60.7 Å². The van der Waals surface area contributed by atoms with Crippen LogP contribution in [0.25, 0.3) is 11.2 Å². The van der Waals surface area contributed by atoms with Crippen molar-refractivity contribution in [2.75, 3.05) is 11.9 Å². The number of aromatic nitrogens is 4. The van der Waals surface area contributed by atoms with Gasteiger partial charge < -0.3 is 19.4 Å². The summed E-state index contributed by atoms with van der Waals surface area (Å²) in [4.78, 5) is 38.1. The molecule has 1 aliphatic carbocycles. The maximum atomic E-state index is 13.7. The minimum atomic E-state index is -0.513. The van der Waals surface area contributed by atoms with Gasteiger partial charge >= 0.3 is 0 Å². The number of Topliss-reactive ketones (excluding diaryl/α,β-unsaturated/α-hetero) is 1. The molecule has 2 aromatic heterocycles. The van der Waals surface area contributed by atoms with Crippen molar-refractivity contribution in [3.05, 3.63) is 84.4 Å². The van der Waals surface area contributed by atoms with Gasteiger partial charge in [0.15, 0.2) is 22.8 Å². The van der Waals surface area contributed by atoms with Gasteiger partial charge in [-0.15, -0.1) is 0 Å². The number of amides is 1. The average molecular weight is 486 g/mol. The average Bonchev–Trinajstić information content (AvgIpc) is 3.45. The van der Waals surface area contributed by atoms with E-state index in [0.717, 1.165) is 11.1 Å². The molecule has 184 valence electrons. The SMILES string of the molecule is CC(=O)Nc1ncnc2c1ncn2C1CC(OCc2ccccc2)C(COCc2ccccc2)C1=O. The van der Waals surface area contributed by atoms with E-state index in [0.29, 0.717) is 36.6 Å². The van der Waals surface area contributed by atoms with Gasteiger partial charge in [-0.2, -0.15) is 0 Å². The number of nitrogens with zero attached hydrogens (tertiary/aromatic N) is 4. The molecule has 0 spiro atoms. The van der Waals surface area contributed by atoms with Crippen molar-refractivity contribution >= 4 is 28.7 Å². The third-order valence-electron chi connectivity index (χ3n) is 6.30. The lowest BCUT2D eigenvalue weighted by atomic mass is 10.1. The van der Waals surface area contributed by atoms with Crippen molar-refractivity contribution in [1.82, 2.24) is 19.5 Å². The Labute approximate surface area is 208 Å². The molecule has 1 aliphatic rings. The monoisotopic (exact) mass is 485 g/mol. The normalized spacial score (nSPS) is 19.6. The summed E-state index contributed by atoms with van der Waals surface area (Å²) in [6.07, 6.45) is 3.08. The number of benzene rings is 2. The highest BCUT2D eigenvalue weighted by Crippen LogP contribution is 2.36. The zero-order valence-corrected chi connectivity index (χ0v) is 19.9. The van der Waals surface area contributed by atoms with E-state index < -0.39 is 12.0 Å². The minimum Gasteiger partial charge on any atom is -0.376 e.